The number of rotatable bonds is 2. The number of halogens is 1. The molecule has 0 saturated carbocycles. The van der Waals surface area contributed by atoms with Gasteiger partial charge in [-0.3, -0.25) is 0 Å². The molecule has 1 N–H and O–H groups in total. The minimum absolute atomic E-state index is 0.263. The van der Waals surface area contributed by atoms with Gasteiger partial charge in [0.1, 0.15) is 11.6 Å². The zero-order valence-electron chi connectivity index (χ0n) is 11.1. The van der Waals surface area contributed by atoms with Gasteiger partial charge in [-0.05, 0) is 54.6 Å². The number of hydrogen-bond acceptors (Lipinski definition) is 1. The third-order valence-corrected chi connectivity index (χ3v) is 3.49. The molecule has 21 heavy (non-hydrogen) atoms. The Kier molecular flexibility index (Phi) is 2.60. The number of hydrogen-bond donors (Lipinski definition) is 1. The van der Waals surface area contributed by atoms with Crippen LogP contribution in [0, 0.1) is 5.82 Å². The van der Waals surface area contributed by atoms with E-state index in [9.17, 15) is 4.39 Å². The van der Waals surface area contributed by atoms with Gasteiger partial charge in [0.05, 0.1) is 11.0 Å². The summed E-state index contributed by atoms with van der Waals surface area (Å²) in [4.78, 5) is 7.64. The molecule has 0 atom stereocenters. The van der Waals surface area contributed by atoms with Crippen LogP contribution in [-0.4, -0.2) is 14.5 Å². The van der Waals surface area contributed by atoms with Crippen LogP contribution in [0.2, 0.25) is 0 Å². The molecule has 4 rings (SSSR count). The van der Waals surface area contributed by atoms with Gasteiger partial charge in [-0.2, -0.15) is 0 Å². The molecule has 102 valence electrons. The summed E-state index contributed by atoms with van der Waals surface area (Å²) in [6.45, 7) is 0. The van der Waals surface area contributed by atoms with Gasteiger partial charge in [0.2, 0.25) is 0 Å². The maximum atomic E-state index is 13.2. The van der Waals surface area contributed by atoms with E-state index in [1.807, 2.05) is 53.4 Å². The van der Waals surface area contributed by atoms with Crippen molar-refractivity contribution in [2.45, 2.75) is 0 Å². The second-order valence-electron chi connectivity index (χ2n) is 4.88. The number of aromatic amines is 1. The fourth-order valence-corrected chi connectivity index (χ4v) is 2.42. The minimum Gasteiger partial charge on any atom is -0.338 e. The highest BCUT2D eigenvalue weighted by Gasteiger charge is 2.06. The van der Waals surface area contributed by atoms with Crippen molar-refractivity contribution in [2.24, 2.45) is 0 Å². The lowest BCUT2D eigenvalue weighted by atomic mass is 10.2. The summed E-state index contributed by atoms with van der Waals surface area (Å²) in [5.74, 6) is 0.482. The first-order valence-corrected chi connectivity index (χ1v) is 6.69. The summed E-state index contributed by atoms with van der Waals surface area (Å²) in [5.41, 5.74) is 3.54. The average Bonchev–Trinajstić information content (AvgIpc) is 3.16. The van der Waals surface area contributed by atoms with Crippen LogP contribution >= 0.6 is 0 Å². The molecule has 0 spiro atoms. The second-order valence-corrected chi connectivity index (χ2v) is 4.88. The number of nitrogens with one attached hydrogen (secondary N) is 1. The summed E-state index contributed by atoms with van der Waals surface area (Å²) < 4.78 is 15.2. The summed E-state index contributed by atoms with van der Waals surface area (Å²) >= 11 is 0. The standard InChI is InChI=1S/C17H12FN3/c18-13-5-8-15-16(11-13)20-17(19-15)12-3-6-14(7-4-12)21-9-1-2-10-21/h1-11H,(H,19,20). The van der Waals surface area contributed by atoms with E-state index in [1.165, 1.54) is 12.1 Å². The largest absolute Gasteiger partial charge is 0.338 e. The van der Waals surface area contributed by atoms with Crippen molar-refractivity contribution in [3.63, 3.8) is 0 Å². The number of imidazole rings is 1. The van der Waals surface area contributed by atoms with Crippen molar-refractivity contribution in [1.82, 2.24) is 14.5 Å². The van der Waals surface area contributed by atoms with Gasteiger partial charge in [0, 0.05) is 23.6 Å². The summed E-state index contributed by atoms with van der Waals surface area (Å²) in [7, 11) is 0. The Morgan fingerprint density at radius 1 is 0.952 bits per heavy atom. The van der Waals surface area contributed by atoms with E-state index in [0.717, 1.165) is 22.6 Å². The van der Waals surface area contributed by atoms with E-state index >= 15 is 0 Å². The molecule has 2 heterocycles. The fourth-order valence-electron chi connectivity index (χ4n) is 2.42. The zero-order valence-corrected chi connectivity index (χ0v) is 11.1. The molecule has 0 amide bonds. The SMILES string of the molecule is Fc1ccc2nc(-c3ccc(-n4cccc4)cc3)[nH]c2c1. The van der Waals surface area contributed by atoms with Crippen molar-refractivity contribution >= 4 is 11.0 Å². The Balaban J connectivity index is 1.74. The highest BCUT2D eigenvalue weighted by Crippen LogP contribution is 2.22. The van der Waals surface area contributed by atoms with E-state index in [0.29, 0.717) is 5.52 Å². The van der Waals surface area contributed by atoms with Gasteiger partial charge in [0.15, 0.2) is 0 Å². The lowest BCUT2D eigenvalue weighted by Crippen LogP contribution is -1.89. The maximum absolute atomic E-state index is 13.2. The van der Waals surface area contributed by atoms with Crippen LogP contribution in [0.25, 0.3) is 28.1 Å². The molecule has 4 aromatic rings. The molecule has 0 aliphatic heterocycles. The number of fused-ring (bicyclic) bond motifs is 1. The topological polar surface area (TPSA) is 33.6 Å². The minimum atomic E-state index is -0.263. The normalized spacial score (nSPS) is 11.1. The lowest BCUT2D eigenvalue weighted by Gasteiger charge is -2.03. The van der Waals surface area contributed by atoms with E-state index in [2.05, 4.69) is 9.97 Å². The second kappa shape index (κ2) is 4.59. The van der Waals surface area contributed by atoms with Crippen LogP contribution in [0.1, 0.15) is 0 Å². The van der Waals surface area contributed by atoms with E-state index < -0.39 is 0 Å². The van der Waals surface area contributed by atoms with Crippen molar-refractivity contribution in [1.29, 1.82) is 0 Å². The molecule has 0 aliphatic rings. The Bertz CT molecular complexity index is 890. The van der Waals surface area contributed by atoms with E-state index in [4.69, 9.17) is 0 Å². The Morgan fingerprint density at radius 2 is 1.71 bits per heavy atom. The van der Waals surface area contributed by atoms with E-state index in [1.54, 1.807) is 6.07 Å². The van der Waals surface area contributed by atoms with Gasteiger partial charge >= 0.3 is 0 Å². The molecule has 0 radical (unpaired) electrons. The van der Waals surface area contributed by atoms with Gasteiger partial charge in [-0.1, -0.05) is 0 Å². The first-order chi connectivity index (χ1) is 10.3. The van der Waals surface area contributed by atoms with E-state index in [-0.39, 0.29) is 5.82 Å². The number of nitrogens with zero attached hydrogens (tertiary/aromatic N) is 2. The molecule has 0 fully saturated rings. The van der Waals surface area contributed by atoms with Gasteiger partial charge in [0.25, 0.3) is 0 Å². The molecular weight excluding hydrogens is 265 g/mol. The third kappa shape index (κ3) is 2.10. The van der Waals surface area contributed by atoms with Crippen LogP contribution in [0.15, 0.2) is 67.0 Å². The molecule has 3 nitrogen and oxygen atoms in total. The third-order valence-electron chi connectivity index (χ3n) is 3.49. The molecular formula is C17H12FN3. The maximum Gasteiger partial charge on any atom is 0.138 e. The molecule has 4 heteroatoms. The number of benzene rings is 2. The van der Waals surface area contributed by atoms with Crippen molar-refractivity contribution in [2.75, 3.05) is 0 Å². The zero-order chi connectivity index (χ0) is 14.2. The van der Waals surface area contributed by atoms with Gasteiger partial charge < -0.3 is 9.55 Å². The summed E-state index contributed by atoms with van der Waals surface area (Å²) in [6, 6.07) is 16.6. The van der Waals surface area contributed by atoms with Crippen LogP contribution in [0.3, 0.4) is 0 Å². The van der Waals surface area contributed by atoms with Crippen LogP contribution < -0.4 is 0 Å². The predicted molar refractivity (Wildman–Crippen MR) is 80.8 cm³/mol. The lowest BCUT2D eigenvalue weighted by molar-refractivity contribution is 0.629. The predicted octanol–water partition coefficient (Wildman–Crippen LogP) is 4.16. The number of H-pyrrole nitrogens is 1. The highest BCUT2D eigenvalue weighted by molar-refractivity contribution is 5.79. The Morgan fingerprint density at radius 3 is 2.48 bits per heavy atom. The van der Waals surface area contributed by atoms with Crippen molar-refractivity contribution < 1.29 is 4.39 Å². The first kappa shape index (κ1) is 11.9. The monoisotopic (exact) mass is 277 g/mol. The summed E-state index contributed by atoms with van der Waals surface area (Å²) in [6.07, 6.45) is 4.00. The molecule has 2 aromatic heterocycles. The highest BCUT2D eigenvalue weighted by atomic mass is 19.1. The van der Waals surface area contributed by atoms with Crippen LogP contribution in [-0.2, 0) is 0 Å². The van der Waals surface area contributed by atoms with Crippen LogP contribution in [0.5, 0.6) is 0 Å². The smallest absolute Gasteiger partial charge is 0.138 e. The molecule has 2 aromatic carbocycles. The van der Waals surface area contributed by atoms with Crippen LogP contribution in [0.4, 0.5) is 4.39 Å². The quantitative estimate of drug-likeness (QED) is 0.586. The van der Waals surface area contributed by atoms with Gasteiger partial charge in [-0.25, -0.2) is 9.37 Å². The fraction of sp³-hybridized carbons (Fsp3) is 0. The molecule has 0 saturated heterocycles. The molecule has 0 unspecified atom stereocenters. The summed E-state index contributed by atoms with van der Waals surface area (Å²) in [5, 5.41) is 0. The molecule has 0 aliphatic carbocycles. The average molecular weight is 277 g/mol. The molecule has 0 bridgehead atoms. The Labute approximate surface area is 120 Å². The van der Waals surface area contributed by atoms with Crippen molar-refractivity contribution in [3.8, 4) is 17.1 Å². The first-order valence-electron chi connectivity index (χ1n) is 6.69. The Hall–Kier alpha value is -2.88. The number of aromatic nitrogens is 3. The van der Waals surface area contributed by atoms with Crippen molar-refractivity contribution in [3.05, 3.63) is 72.8 Å². The van der Waals surface area contributed by atoms with Gasteiger partial charge in [-0.15, -0.1) is 0 Å².